The summed E-state index contributed by atoms with van der Waals surface area (Å²) in [7, 11) is 0. The number of carbonyl (C=O) groups excluding carboxylic acids is 1. The maximum atomic E-state index is 12.4. The van der Waals surface area contributed by atoms with Crippen LogP contribution in [0.3, 0.4) is 0 Å². The zero-order valence-corrected chi connectivity index (χ0v) is 13.0. The molecule has 2 aromatic rings. The molecule has 0 radical (unpaired) electrons. The molecule has 22 heavy (non-hydrogen) atoms. The van der Waals surface area contributed by atoms with Gasteiger partial charge in [-0.1, -0.05) is 6.07 Å². The van der Waals surface area contributed by atoms with E-state index in [1.165, 1.54) is 0 Å². The van der Waals surface area contributed by atoms with Crippen molar-refractivity contribution in [2.75, 3.05) is 25.1 Å². The van der Waals surface area contributed by atoms with Gasteiger partial charge in [0.25, 0.3) is 0 Å². The average Bonchev–Trinajstić information content (AvgIpc) is 3.19. The second-order valence-corrected chi connectivity index (χ2v) is 6.16. The summed E-state index contributed by atoms with van der Waals surface area (Å²) in [6.45, 7) is 1.60. The molecule has 3 rings (SSSR count). The maximum Gasteiger partial charge on any atom is 0.228 e. The van der Waals surface area contributed by atoms with E-state index in [1.807, 2.05) is 23.6 Å². The number of anilines is 1. The third kappa shape index (κ3) is 3.37. The summed E-state index contributed by atoms with van der Waals surface area (Å²) >= 11 is 1.60. The van der Waals surface area contributed by atoms with E-state index < -0.39 is 0 Å². The highest BCUT2D eigenvalue weighted by atomic mass is 32.1. The van der Waals surface area contributed by atoms with Gasteiger partial charge in [0.15, 0.2) is 0 Å². The van der Waals surface area contributed by atoms with Crippen molar-refractivity contribution in [3.63, 3.8) is 0 Å². The van der Waals surface area contributed by atoms with Crippen LogP contribution in [0.1, 0.15) is 12.8 Å². The van der Waals surface area contributed by atoms with Crippen LogP contribution in [-0.2, 0) is 16.1 Å². The highest BCUT2D eigenvalue weighted by Crippen LogP contribution is 2.27. The molecule has 118 valence electrons. The Bertz CT molecular complexity index is 618. The Morgan fingerprint density at radius 2 is 2.32 bits per heavy atom. The van der Waals surface area contributed by atoms with Crippen LogP contribution in [-0.4, -0.2) is 40.6 Å². The lowest BCUT2D eigenvalue weighted by atomic mass is 9.99. The number of hydrogen-bond donors (Lipinski definition) is 2. The largest absolute Gasteiger partial charge is 0.394 e. The summed E-state index contributed by atoms with van der Waals surface area (Å²) in [4.78, 5) is 13.4. The van der Waals surface area contributed by atoms with E-state index in [9.17, 15) is 9.90 Å². The van der Waals surface area contributed by atoms with Crippen molar-refractivity contribution in [1.29, 1.82) is 0 Å². The molecule has 1 saturated heterocycles. The standard InChI is InChI=1S/C15H19N3O3S/c19-6-5-18-14(10-12(17-18)13-2-1-9-22-13)16-15(20)11-3-7-21-8-4-11/h1-2,9-11,19H,3-8H2,(H,16,20). The van der Waals surface area contributed by atoms with E-state index in [-0.39, 0.29) is 18.4 Å². The average molecular weight is 321 g/mol. The van der Waals surface area contributed by atoms with Crippen LogP contribution in [0.5, 0.6) is 0 Å². The summed E-state index contributed by atoms with van der Waals surface area (Å²) in [5, 5.41) is 18.6. The van der Waals surface area contributed by atoms with Crippen molar-refractivity contribution in [3.8, 4) is 10.6 Å². The van der Waals surface area contributed by atoms with Gasteiger partial charge in [-0.3, -0.25) is 4.79 Å². The lowest BCUT2D eigenvalue weighted by Gasteiger charge is -2.21. The first kappa shape index (κ1) is 15.2. The normalized spacial score (nSPS) is 15.9. The Morgan fingerprint density at radius 3 is 3.00 bits per heavy atom. The predicted molar refractivity (Wildman–Crippen MR) is 84.8 cm³/mol. The number of carbonyl (C=O) groups is 1. The minimum absolute atomic E-state index is 0.000111. The van der Waals surface area contributed by atoms with Crippen molar-refractivity contribution in [3.05, 3.63) is 23.6 Å². The fourth-order valence-corrected chi connectivity index (χ4v) is 3.20. The summed E-state index contributed by atoms with van der Waals surface area (Å²) in [6.07, 6.45) is 1.50. The minimum atomic E-state index is -0.0221. The Labute approximate surface area is 132 Å². The molecule has 1 aliphatic rings. The van der Waals surface area contributed by atoms with E-state index in [0.717, 1.165) is 23.4 Å². The van der Waals surface area contributed by atoms with Gasteiger partial charge < -0.3 is 15.2 Å². The van der Waals surface area contributed by atoms with Gasteiger partial charge in [0.2, 0.25) is 5.91 Å². The topological polar surface area (TPSA) is 76.4 Å². The molecule has 0 unspecified atom stereocenters. The second-order valence-electron chi connectivity index (χ2n) is 5.21. The van der Waals surface area contributed by atoms with Crippen molar-refractivity contribution >= 4 is 23.1 Å². The van der Waals surface area contributed by atoms with Crippen molar-refractivity contribution in [2.24, 2.45) is 5.92 Å². The van der Waals surface area contributed by atoms with Gasteiger partial charge in [0.1, 0.15) is 11.5 Å². The van der Waals surface area contributed by atoms with Crippen LogP contribution < -0.4 is 5.32 Å². The highest BCUT2D eigenvalue weighted by Gasteiger charge is 2.23. The quantitative estimate of drug-likeness (QED) is 0.883. The van der Waals surface area contributed by atoms with Gasteiger partial charge in [0, 0.05) is 25.2 Å². The molecule has 0 aromatic carbocycles. The lowest BCUT2D eigenvalue weighted by molar-refractivity contribution is -0.122. The molecule has 3 heterocycles. The second kappa shape index (κ2) is 7.04. The van der Waals surface area contributed by atoms with Crippen LogP contribution in [0.25, 0.3) is 10.6 Å². The highest BCUT2D eigenvalue weighted by molar-refractivity contribution is 7.13. The van der Waals surface area contributed by atoms with Crippen LogP contribution in [0.4, 0.5) is 5.82 Å². The third-order valence-electron chi connectivity index (χ3n) is 3.71. The van der Waals surface area contributed by atoms with E-state index in [0.29, 0.717) is 25.6 Å². The van der Waals surface area contributed by atoms with Crippen molar-refractivity contribution in [1.82, 2.24) is 9.78 Å². The van der Waals surface area contributed by atoms with E-state index >= 15 is 0 Å². The number of thiophene rings is 1. The summed E-state index contributed by atoms with van der Waals surface area (Å²) in [5.41, 5.74) is 0.811. The lowest BCUT2D eigenvalue weighted by Crippen LogP contribution is -2.29. The predicted octanol–water partition coefficient (Wildman–Crippen LogP) is 1.97. The van der Waals surface area contributed by atoms with Gasteiger partial charge in [-0.2, -0.15) is 5.10 Å². The number of amides is 1. The van der Waals surface area contributed by atoms with Gasteiger partial charge in [-0.05, 0) is 24.3 Å². The van der Waals surface area contributed by atoms with Gasteiger partial charge >= 0.3 is 0 Å². The molecule has 0 spiro atoms. The molecular formula is C15H19N3O3S. The fraction of sp³-hybridized carbons (Fsp3) is 0.467. The molecule has 2 N–H and O–H groups in total. The van der Waals surface area contributed by atoms with E-state index in [4.69, 9.17) is 4.74 Å². The number of rotatable bonds is 5. The molecular weight excluding hydrogens is 302 g/mol. The van der Waals surface area contributed by atoms with E-state index in [2.05, 4.69) is 10.4 Å². The molecule has 6 nitrogen and oxygen atoms in total. The molecule has 0 saturated carbocycles. The monoisotopic (exact) mass is 321 g/mol. The van der Waals surface area contributed by atoms with Crippen molar-refractivity contribution in [2.45, 2.75) is 19.4 Å². The van der Waals surface area contributed by atoms with Gasteiger partial charge in [-0.15, -0.1) is 11.3 Å². The Balaban J connectivity index is 1.77. The molecule has 0 atom stereocenters. The first-order valence-electron chi connectivity index (χ1n) is 7.39. The number of aromatic nitrogens is 2. The SMILES string of the molecule is O=C(Nc1cc(-c2cccs2)nn1CCO)C1CCOCC1. The summed E-state index contributed by atoms with van der Waals surface area (Å²) < 4.78 is 6.93. The molecule has 7 heteroatoms. The number of aliphatic hydroxyl groups is 1. The Kier molecular flexibility index (Phi) is 4.87. The number of aliphatic hydroxyl groups excluding tert-OH is 1. The zero-order chi connectivity index (χ0) is 15.4. The number of nitrogens with one attached hydrogen (secondary N) is 1. The van der Waals surface area contributed by atoms with Crippen LogP contribution in [0, 0.1) is 5.92 Å². The molecule has 1 fully saturated rings. The molecule has 0 bridgehead atoms. The first-order chi connectivity index (χ1) is 10.8. The smallest absolute Gasteiger partial charge is 0.228 e. The minimum Gasteiger partial charge on any atom is -0.394 e. The Morgan fingerprint density at radius 1 is 1.50 bits per heavy atom. The summed E-state index contributed by atoms with van der Waals surface area (Å²) in [6, 6.07) is 5.81. The number of ether oxygens (including phenoxy) is 1. The molecule has 1 amide bonds. The number of hydrogen-bond acceptors (Lipinski definition) is 5. The van der Waals surface area contributed by atoms with Crippen LogP contribution >= 0.6 is 11.3 Å². The Hall–Kier alpha value is -1.70. The fourth-order valence-electron chi connectivity index (χ4n) is 2.52. The first-order valence-corrected chi connectivity index (χ1v) is 8.27. The van der Waals surface area contributed by atoms with E-state index in [1.54, 1.807) is 16.0 Å². The molecule has 1 aliphatic heterocycles. The van der Waals surface area contributed by atoms with Crippen LogP contribution in [0.15, 0.2) is 23.6 Å². The van der Waals surface area contributed by atoms with Gasteiger partial charge in [-0.25, -0.2) is 4.68 Å². The molecule has 2 aromatic heterocycles. The zero-order valence-electron chi connectivity index (χ0n) is 12.2. The summed E-state index contributed by atoms with van der Waals surface area (Å²) in [5.74, 6) is 0.616. The maximum absolute atomic E-state index is 12.4. The van der Waals surface area contributed by atoms with Crippen LogP contribution in [0.2, 0.25) is 0 Å². The number of nitrogens with zero attached hydrogens (tertiary/aromatic N) is 2. The third-order valence-corrected chi connectivity index (χ3v) is 4.60. The van der Waals surface area contributed by atoms with Crippen molar-refractivity contribution < 1.29 is 14.6 Å². The van der Waals surface area contributed by atoms with Gasteiger partial charge in [0.05, 0.1) is 18.0 Å². The molecule has 0 aliphatic carbocycles.